The van der Waals surface area contributed by atoms with Gasteiger partial charge in [-0.05, 0) is 65.9 Å². The lowest BCUT2D eigenvalue weighted by atomic mass is 9.95. The first-order valence-corrected chi connectivity index (χ1v) is 9.29. The van der Waals surface area contributed by atoms with Crippen LogP contribution < -0.4 is 0 Å². The van der Waals surface area contributed by atoms with Crippen LogP contribution in [0.5, 0.6) is 0 Å². The van der Waals surface area contributed by atoms with Crippen LogP contribution in [0.2, 0.25) is 0 Å². The Balaban J connectivity index is 0. The molecule has 25 heavy (non-hydrogen) atoms. The average molecular weight is 357 g/mol. The molecule has 1 unspecified atom stereocenters. The fourth-order valence-electron chi connectivity index (χ4n) is 2.08. The van der Waals surface area contributed by atoms with Crippen molar-refractivity contribution < 1.29 is 19.4 Å². The first kappa shape index (κ1) is 26.1. The van der Waals surface area contributed by atoms with Crippen molar-refractivity contribution in [3.8, 4) is 0 Å². The van der Waals surface area contributed by atoms with E-state index >= 15 is 0 Å². The summed E-state index contributed by atoms with van der Waals surface area (Å²) in [6.45, 7) is 14.1. The monoisotopic (exact) mass is 356 g/mol. The second-order valence-corrected chi connectivity index (χ2v) is 7.29. The van der Waals surface area contributed by atoms with E-state index in [-0.39, 0.29) is 24.3 Å². The zero-order chi connectivity index (χ0) is 19.9. The highest BCUT2D eigenvalue weighted by molar-refractivity contribution is 5.83. The van der Waals surface area contributed by atoms with E-state index in [1.165, 1.54) is 12.8 Å². The van der Waals surface area contributed by atoms with Crippen molar-refractivity contribution in [1.82, 2.24) is 0 Å². The van der Waals surface area contributed by atoms with Gasteiger partial charge in [0, 0.05) is 19.8 Å². The second kappa shape index (κ2) is 15.2. The maximum atomic E-state index is 11.5. The molecular weight excluding hydrogens is 316 g/mol. The lowest BCUT2D eigenvalue weighted by molar-refractivity contribution is -0.141. The Morgan fingerprint density at radius 1 is 1.24 bits per heavy atom. The summed E-state index contributed by atoms with van der Waals surface area (Å²) in [5.74, 6) is 0.367. The highest BCUT2D eigenvalue weighted by Gasteiger charge is 2.15. The SMILES string of the molecule is CCO.COC(C)(C)CCCC(C)C/C=C/C(C)=C/C(=O)OC(C)C. The fourth-order valence-corrected chi connectivity index (χ4v) is 2.08. The molecule has 0 rings (SSSR count). The average Bonchev–Trinajstić information content (AvgIpc) is 2.46. The number of rotatable bonds is 10. The van der Waals surface area contributed by atoms with Crippen LogP contribution in [0.4, 0.5) is 0 Å². The standard InChI is InChI=1S/C19H34O3.C2H6O/c1-15(2)22-18(20)14-17(4)11-8-10-16(3)12-9-13-19(5,6)21-7;1-2-3/h8,11,14-16H,9-10,12-13H2,1-7H3;3H,2H2,1H3/b11-8+,17-14+;. The van der Waals surface area contributed by atoms with Gasteiger partial charge in [0.1, 0.15) is 0 Å². The largest absolute Gasteiger partial charge is 0.460 e. The zero-order valence-corrected chi connectivity index (χ0v) is 17.6. The summed E-state index contributed by atoms with van der Waals surface area (Å²) in [7, 11) is 1.77. The number of methoxy groups -OCH3 is 1. The van der Waals surface area contributed by atoms with Gasteiger partial charge in [-0.15, -0.1) is 0 Å². The molecule has 4 nitrogen and oxygen atoms in total. The van der Waals surface area contributed by atoms with Gasteiger partial charge in [-0.25, -0.2) is 4.79 Å². The third kappa shape index (κ3) is 19.0. The summed E-state index contributed by atoms with van der Waals surface area (Å²) in [4.78, 5) is 11.5. The van der Waals surface area contributed by atoms with Crippen LogP contribution in [0.1, 0.15) is 74.1 Å². The number of hydrogen-bond acceptors (Lipinski definition) is 4. The van der Waals surface area contributed by atoms with Crippen molar-refractivity contribution in [3.63, 3.8) is 0 Å². The Morgan fingerprint density at radius 2 is 1.80 bits per heavy atom. The van der Waals surface area contributed by atoms with E-state index in [2.05, 4.69) is 26.8 Å². The number of esters is 1. The first-order chi connectivity index (χ1) is 11.6. The third-order valence-electron chi connectivity index (χ3n) is 3.64. The summed E-state index contributed by atoms with van der Waals surface area (Å²) in [6.07, 6.45) is 10.1. The number of aliphatic hydroxyl groups excluding tert-OH is 1. The van der Waals surface area contributed by atoms with Crippen molar-refractivity contribution in [2.75, 3.05) is 13.7 Å². The molecule has 4 heteroatoms. The van der Waals surface area contributed by atoms with E-state index in [9.17, 15) is 4.79 Å². The van der Waals surface area contributed by atoms with Crippen molar-refractivity contribution in [2.24, 2.45) is 5.92 Å². The Morgan fingerprint density at radius 3 is 2.28 bits per heavy atom. The molecule has 0 radical (unpaired) electrons. The Bertz CT molecular complexity index is 395. The first-order valence-electron chi connectivity index (χ1n) is 9.29. The van der Waals surface area contributed by atoms with E-state index < -0.39 is 0 Å². The topological polar surface area (TPSA) is 55.8 Å². The number of ether oxygens (including phenoxy) is 2. The molecule has 0 aromatic carbocycles. The minimum absolute atomic E-state index is 0.0222. The zero-order valence-electron chi connectivity index (χ0n) is 17.6. The number of aliphatic hydroxyl groups is 1. The fraction of sp³-hybridized carbons (Fsp3) is 0.762. The summed E-state index contributed by atoms with van der Waals surface area (Å²) >= 11 is 0. The molecule has 0 heterocycles. The van der Waals surface area contributed by atoms with E-state index in [0.29, 0.717) is 5.92 Å². The number of hydrogen-bond donors (Lipinski definition) is 1. The molecule has 1 atom stereocenters. The third-order valence-corrected chi connectivity index (χ3v) is 3.64. The lowest BCUT2D eigenvalue weighted by Gasteiger charge is -2.23. The van der Waals surface area contributed by atoms with Crippen molar-refractivity contribution >= 4 is 5.97 Å². The predicted molar refractivity (Wildman–Crippen MR) is 106 cm³/mol. The molecule has 0 aliphatic rings. The predicted octanol–water partition coefficient (Wildman–Crippen LogP) is 5.06. The number of carbonyl (C=O) groups excluding carboxylic acids is 1. The highest BCUT2D eigenvalue weighted by Crippen LogP contribution is 2.20. The molecule has 1 N–H and O–H groups in total. The molecular formula is C21H40O4. The Kier molecular flexibility index (Phi) is 15.8. The molecule has 0 aliphatic heterocycles. The summed E-state index contributed by atoms with van der Waals surface area (Å²) in [6, 6.07) is 0. The van der Waals surface area contributed by atoms with E-state index in [1.54, 1.807) is 20.1 Å². The van der Waals surface area contributed by atoms with Gasteiger partial charge in [0.2, 0.25) is 0 Å². The normalized spacial score (nSPS) is 13.6. The molecule has 0 saturated carbocycles. The van der Waals surface area contributed by atoms with Gasteiger partial charge in [-0.3, -0.25) is 0 Å². The van der Waals surface area contributed by atoms with Gasteiger partial charge < -0.3 is 14.6 Å². The smallest absolute Gasteiger partial charge is 0.331 e. The lowest BCUT2D eigenvalue weighted by Crippen LogP contribution is -2.22. The minimum atomic E-state index is -0.271. The van der Waals surface area contributed by atoms with Gasteiger partial charge in [-0.2, -0.15) is 0 Å². The molecule has 0 saturated heterocycles. The number of carbonyl (C=O) groups is 1. The molecule has 148 valence electrons. The van der Waals surface area contributed by atoms with E-state index in [0.717, 1.165) is 18.4 Å². The van der Waals surface area contributed by atoms with Crippen LogP contribution in [0.25, 0.3) is 0 Å². The van der Waals surface area contributed by atoms with Crippen molar-refractivity contribution in [3.05, 3.63) is 23.8 Å². The number of allylic oxidation sites excluding steroid dienone is 3. The Hall–Kier alpha value is -1.13. The van der Waals surface area contributed by atoms with Gasteiger partial charge in [0.05, 0.1) is 11.7 Å². The summed E-state index contributed by atoms with van der Waals surface area (Å²) in [5, 5.41) is 7.57. The molecule has 0 spiro atoms. The molecule has 0 fully saturated rings. The van der Waals surface area contributed by atoms with E-state index in [1.807, 2.05) is 26.8 Å². The summed E-state index contributed by atoms with van der Waals surface area (Å²) < 4.78 is 10.5. The van der Waals surface area contributed by atoms with Gasteiger partial charge in [0.25, 0.3) is 0 Å². The van der Waals surface area contributed by atoms with Gasteiger partial charge in [0.15, 0.2) is 0 Å². The quantitative estimate of drug-likeness (QED) is 0.338. The highest BCUT2D eigenvalue weighted by atomic mass is 16.5. The maximum absolute atomic E-state index is 11.5. The maximum Gasteiger partial charge on any atom is 0.331 e. The Labute approximate surface area is 155 Å². The van der Waals surface area contributed by atoms with Gasteiger partial charge >= 0.3 is 5.97 Å². The van der Waals surface area contributed by atoms with Crippen LogP contribution in [-0.2, 0) is 14.3 Å². The molecule has 0 aliphatic carbocycles. The molecule has 0 aromatic rings. The van der Waals surface area contributed by atoms with Crippen LogP contribution in [0.15, 0.2) is 23.8 Å². The van der Waals surface area contributed by atoms with E-state index in [4.69, 9.17) is 14.6 Å². The minimum Gasteiger partial charge on any atom is -0.460 e. The van der Waals surface area contributed by atoms with Crippen LogP contribution >= 0.6 is 0 Å². The van der Waals surface area contributed by atoms with Crippen LogP contribution in [0, 0.1) is 5.92 Å². The van der Waals surface area contributed by atoms with Crippen LogP contribution in [-0.4, -0.2) is 36.5 Å². The van der Waals surface area contributed by atoms with Crippen molar-refractivity contribution in [1.29, 1.82) is 0 Å². The molecule has 0 amide bonds. The van der Waals surface area contributed by atoms with Gasteiger partial charge in [-0.1, -0.05) is 31.9 Å². The molecule has 0 aromatic heterocycles. The molecule has 0 bridgehead atoms. The second-order valence-electron chi connectivity index (χ2n) is 7.29. The van der Waals surface area contributed by atoms with Crippen LogP contribution in [0.3, 0.4) is 0 Å². The van der Waals surface area contributed by atoms with Crippen molar-refractivity contribution in [2.45, 2.75) is 85.9 Å². The summed E-state index contributed by atoms with van der Waals surface area (Å²) in [5.41, 5.74) is 0.907.